The molecule has 0 aliphatic rings. The van der Waals surface area contributed by atoms with Crippen LogP contribution < -0.4 is 21.3 Å². The van der Waals surface area contributed by atoms with Crippen molar-refractivity contribution in [3.05, 3.63) is 95.1 Å². The van der Waals surface area contributed by atoms with Crippen molar-refractivity contribution in [1.29, 1.82) is 5.26 Å². The fourth-order valence-electron chi connectivity index (χ4n) is 3.20. The number of aromatic hydroxyl groups is 1. The monoisotopic (exact) mass is 501 g/mol. The standard InChI is InChI=1S/C26H23N5O6/c27-13-16-3-1-5-20(11-16)30-26(37)29-15-22(25(35)36)31-24(34)19-9-7-18(8-10-19)23(33)28-14-17-4-2-6-21(32)12-17/h1-12,22,32H,14-15H2,(H,28,33)(H,31,34)(H,35,36)(H2,29,30,37). The zero-order valence-electron chi connectivity index (χ0n) is 19.4. The second-order valence-electron chi connectivity index (χ2n) is 7.82. The lowest BCUT2D eigenvalue weighted by atomic mass is 10.1. The lowest BCUT2D eigenvalue weighted by Gasteiger charge is -2.16. The molecular formula is C26H23N5O6. The minimum atomic E-state index is -1.42. The normalized spacial score (nSPS) is 10.9. The van der Waals surface area contributed by atoms with Crippen molar-refractivity contribution in [2.75, 3.05) is 11.9 Å². The van der Waals surface area contributed by atoms with Gasteiger partial charge in [0.05, 0.1) is 18.2 Å². The topological polar surface area (TPSA) is 181 Å². The third-order valence-electron chi connectivity index (χ3n) is 5.09. The highest BCUT2D eigenvalue weighted by Gasteiger charge is 2.22. The van der Waals surface area contributed by atoms with E-state index in [1.54, 1.807) is 30.3 Å². The maximum Gasteiger partial charge on any atom is 0.328 e. The number of hydrogen-bond acceptors (Lipinski definition) is 6. The summed E-state index contributed by atoms with van der Waals surface area (Å²) < 4.78 is 0. The SMILES string of the molecule is N#Cc1cccc(NC(=O)NCC(NC(=O)c2ccc(C(=O)NCc3cccc(O)c3)cc2)C(=O)O)c1. The van der Waals surface area contributed by atoms with Crippen LogP contribution in [0.5, 0.6) is 5.75 Å². The lowest BCUT2D eigenvalue weighted by Crippen LogP contribution is -2.49. The van der Waals surface area contributed by atoms with Crippen LogP contribution in [0.1, 0.15) is 31.8 Å². The molecule has 188 valence electrons. The molecule has 0 saturated carbocycles. The van der Waals surface area contributed by atoms with Crippen LogP contribution in [0.3, 0.4) is 0 Å². The molecule has 0 bridgehead atoms. The van der Waals surface area contributed by atoms with Crippen LogP contribution in [-0.4, -0.2) is 46.6 Å². The Kier molecular flexibility index (Phi) is 8.77. The van der Waals surface area contributed by atoms with Gasteiger partial charge in [-0.3, -0.25) is 9.59 Å². The highest BCUT2D eigenvalue weighted by Crippen LogP contribution is 2.12. The van der Waals surface area contributed by atoms with E-state index in [9.17, 15) is 29.4 Å². The molecule has 1 unspecified atom stereocenters. The first-order valence-electron chi connectivity index (χ1n) is 11.0. The number of nitrogens with zero attached hydrogens (tertiary/aromatic N) is 1. The first-order valence-corrected chi connectivity index (χ1v) is 11.0. The summed E-state index contributed by atoms with van der Waals surface area (Å²) in [6.45, 7) is -0.208. The largest absolute Gasteiger partial charge is 0.508 e. The Morgan fingerprint density at radius 2 is 1.54 bits per heavy atom. The zero-order chi connectivity index (χ0) is 26.8. The number of hydrogen-bond donors (Lipinski definition) is 6. The molecule has 0 aliphatic carbocycles. The van der Waals surface area contributed by atoms with Gasteiger partial charge in [-0.2, -0.15) is 5.26 Å². The number of urea groups is 1. The first kappa shape index (κ1) is 26.2. The molecule has 3 rings (SSSR count). The van der Waals surface area contributed by atoms with E-state index in [4.69, 9.17) is 5.26 Å². The van der Waals surface area contributed by atoms with Crippen molar-refractivity contribution in [3.8, 4) is 11.8 Å². The van der Waals surface area contributed by atoms with E-state index in [0.717, 1.165) is 0 Å². The summed E-state index contributed by atoms with van der Waals surface area (Å²) in [4.78, 5) is 48.6. The van der Waals surface area contributed by atoms with Crippen molar-refractivity contribution < 1.29 is 29.4 Å². The van der Waals surface area contributed by atoms with Crippen LogP contribution >= 0.6 is 0 Å². The number of anilines is 1. The number of amides is 4. The number of aliphatic carboxylic acids is 1. The predicted molar refractivity (Wildman–Crippen MR) is 133 cm³/mol. The van der Waals surface area contributed by atoms with Gasteiger partial charge >= 0.3 is 12.0 Å². The molecule has 11 heteroatoms. The van der Waals surface area contributed by atoms with E-state index < -0.39 is 36.4 Å². The summed E-state index contributed by atoms with van der Waals surface area (Å²) in [5.41, 5.74) is 1.80. The van der Waals surface area contributed by atoms with Gasteiger partial charge in [0.2, 0.25) is 0 Å². The Morgan fingerprint density at radius 1 is 0.865 bits per heavy atom. The van der Waals surface area contributed by atoms with Crippen LogP contribution in [0.2, 0.25) is 0 Å². The molecule has 3 aromatic carbocycles. The molecule has 0 aromatic heterocycles. The zero-order valence-corrected chi connectivity index (χ0v) is 19.4. The van der Waals surface area contributed by atoms with Crippen molar-refractivity contribution in [2.45, 2.75) is 12.6 Å². The fraction of sp³-hybridized carbons (Fsp3) is 0.115. The van der Waals surface area contributed by atoms with Gasteiger partial charge in [0.25, 0.3) is 11.8 Å². The summed E-state index contributed by atoms with van der Waals surface area (Å²) in [6.07, 6.45) is 0. The van der Waals surface area contributed by atoms with E-state index >= 15 is 0 Å². The highest BCUT2D eigenvalue weighted by molar-refractivity contribution is 5.99. The van der Waals surface area contributed by atoms with Crippen LogP contribution in [0.15, 0.2) is 72.8 Å². The third-order valence-corrected chi connectivity index (χ3v) is 5.09. The fourth-order valence-corrected chi connectivity index (χ4v) is 3.20. The lowest BCUT2D eigenvalue weighted by molar-refractivity contribution is -0.139. The molecule has 0 spiro atoms. The highest BCUT2D eigenvalue weighted by atomic mass is 16.4. The van der Waals surface area contributed by atoms with E-state index in [0.29, 0.717) is 16.8 Å². The minimum absolute atomic E-state index is 0.0861. The van der Waals surface area contributed by atoms with Gasteiger partial charge in [-0.25, -0.2) is 9.59 Å². The van der Waals surface area contributed by atoms with E-state index in [1.807, 2.05) is 6.07 Å². The second-order valence-corrected chi connectivity index (χ2v) is 7.82. The maximum atomic E-state index is 12.5. The summed E-state index contributed by atoms with van der Waals surface area (Å²) in [7, 11) is 0. The summed E-state index contributed by atoms with van der Waals surface area (Å²) in [5.74, 6) is -2.37. The van der Waals surface area contributed by atoms with Crippen molar-refractivity contribution >= 4 is 29.5 Å². The Bertz CT molecular complexity index is 1350. The molecule has 0 radical (unpaired) electrons. The number of carboxylic acids is 1. The van der Waals surface area contributed by atoms with Crippen LogP contribution in [0.25, 0.3) is 0 Å². The van der Waals surface area contributed by atoms with Gasteiger partial charge in [0.15, 0.2) is 0 Å². The Morgan fingerprint density at radius 3 is 2.19 bits per heavy atom. The molecule has 1 atom stereocenters. The Labute approximate surface area is 211 Å². The number of nitrogens with one attached hydrogen (secondary N) is 4. The number of rotatable bonds is 9. The molecule has 37 heavy (non-hydrogen) atoms. The summed E-state index contributed by atoms with van der Waals surface area (Å²) in [5, 5.41) is 37.7. The van der Waals surface area contributed by atoms with E-state index in [2.05, 4.69) is 21.3 Å². The first-order chi connectivity index (χ1) is 17.7. The number of carbonyl (C=O) groups is 4. The van der Waals surface area contributed by atoms with Gasteiger partial charge < -0.3 is 31.5 Å². The Hall–Kier alpha value is -5.37. The average molecular weight is 501 g/mol. The van der Waals surface area contributed by atoms with Gasteiger partial charge in [0.1, 0.15) is 11.8 Å². The second kappa shape index (κ2) is 12.4. The van der Waals surface area contributed by atoms with Gasteiger partial charge in [-0.1, -0.05) is 18.2 Å². The van der Waals surface area contributed by atoms with E-state index in [-0.39, 0.29) is 23.4 Å². The van der Waals surface area contributed by atoms with Crippen LogP contribution in [0.4, 0.5) is 10.5 Å². The third kappa shape index (κ3) is 7.83. The number of carboxylic acid groups (broad SMARTS) is 1. The molecule has 11 nitrogen and oxygen atoms in total. The molecule has 0 aliphatic heterocycles. The molecule has 0 fully saturated rings. The quantitative estimate of drug-likeness (QED) is 0.260. The minimum Gasteiger partial charge on any atom is -0.508 e. The smallest absolute Gasteiger partial charge is 0.328 e. The number of nitriles is 1. The van der Waals surface area contributed by atoms with Gasteiger partial charge in [0, 0.05) is 23.4 Å². The van der Waals surface area contributed by atoms with Crippen LogP contribution in [-0.2, 0) is 11.3 Å². The molecule has 4 amide bonds. The number of phenolic OH excluding ortho intramolecular Hbond substituents is 1. The van der Waals surface area contributed by atoms with Crippen molar-refractivity contribution in [3.63, 3.8) is 0 Å². The van der Waals surface area contributed by atoms with Gasteiger partial charge in [-0.15, -0.1) is 0 Å². The van der Waals surface area contributed by atoms with Crippen LogP contribution in [0, 0.1) is 11.3 Å². The average Bonchev–Trinajstić information content (AvgIpc) is 2.89. The number of carbonyl (C=O) groups excluding carboxylic acids is 3. The van der Waals surface area contributed by atoms with E-state index in [1.165, 1.54) is 42.5 Å². The van der Waals surface area contributed by atoms with Gasteiger partial charge in [-0.05, 0) is 60.2 Å². The summed E-state index contributed by atoms with van der Waals surface area (Å²) >= 11 is 0. The predicted octanol–water partition coefficient (Wildman–Crippen LogP) is 2.20. The number of benzene rings is 3. The van der Waals surface area contributed by atoms with Crippen molar-refractivity contribution in [2.24, 2.45) is 0 Å². The molecule has 0 saturated heterocycles. The number of phenols is 1. The molecule has 6 N–H and O–H groups in total. The van der Waals surface area contributed by atoms with Crippen molar-refractivity contribution in [1.82, 2.24) is 16.0 Å². The molecular weight excluding hydrogens is 478 g/mol. The molecule has 0 heterocycles. The Balaban J connectivity index is 1.52. The summed E-state index contributed by atoms with van der Waals surface area (Å²) in [6, 6.07) is 18.0. The molecule has 3 aromatic rings. The maximum absolute atomic E-state index is 12.5.